The van der Waals surface area contributed by atoms with Crippen molar-refractivity contribution in [2.45, 2.75) is 52.9 Å². The van der Waals surface area contributed by atoms with Crippen molar-refractivity contribution in [3.05, 3.63) is 0 Å². The van der Waals surface area contributed by atoms with Crippen LogP contribution in [0.15, 0.2) is 0 Å². The molecule has 0 spiro atoms. The zero-order valence-electron chi connectivity index (χ0n) is 14.3. The Kier molecular flexibility index (Phi) is 11.7. The van der Waals surface area contributed by atoms with Gasteiger partial charge in [0.2, 0.25) is 0 Å². The number of alkyl carbamates (subject to hydrolysis) is 1. The first kappa shape index (κ1) is 21.2. The average Bonchev–Trinajstić information content (AvgIpc) is 2.43. The van der Waals surface area contributed by atoms with Crippen molar-refractivity contribution in [3.63, 3.8) is 0 Å². The van der Waals surface area contributed by atoms with E-state index in [9.17, 15) is 14.4 Å². The lowest BCUT2D eigenvalue weighted by molar-refractivity contribution is -0.144. The Morgan fingerprint density at radius 3 is 2.35 bits per heavy atom. The molecule has 1 amide bonds. The Morgan fingerprint density at radius 1 is 1.13 bits per heavy atom. The number of rotatable bonds is 12. The fourth-order valence-corrected chi connectivity index (χ4v) is 2.12. The van der Waals surface area contributed by atoms with Crippen LogP contribution < -0.4 is 5.32 Å². The Bertz CT molecular complexity index is 370. The number of aliphatic carboxylic acids is 1. The zero-order chi connectivity index (χ0) is 17.7. The van der Waals surface area contributed by atoms with Crippen LogP contribution in [0.4, 0.5) is 4.79 Å². The standard InChI is InChI=1S/C16H29NO6/c1-4-6-15(20)22-7-5-8-23-16(21)17-11-13(9-12(2)3)10-14(18)19/h12-13H,4-11H2,1-3H3,(H,17,21)(H,18,19). The van der Waals surface area contributed by atoms with E-state index in [-0.39, 0.29) is 38.1 Å². The summed E-state index contributed by atoms with van der Waals surface area (Å²) in [5, 5.41) is 11.4. The molecule has 0 saturated heterocycles. The van der Waals surface area contributed by atoms with Crippen LogP contribution in [0.5, 0.6) is 0 Å². The van der Waals surface area contributed by atoms with Gasteiger partial charge in [-0.1, -0.05) is 20.8 Å². The van der Waals surface area contributed by atoms with Crippen molar-refractivity contribution >= 4 is 18.0 Å². The minimum absolute atomic E-state index is 0.0197. The van der Waals surface area contributed by atoms with Gasteiger partial charge in [-0.3, -0.25) is 9.59 Å². The normalized spacial score (nSPS) is 11.8. The van der Waals surface area contributed by atoms with Crippen LogP contribution in [0.1, 0.15) is 52.9 Å². The third-order valence-electron chi connectivity index (χ3n) is 3.04. The number of hydrogen-bond acceptors (Lipinski definition) is 5. The van der Waals surface area contributed by atoms with Gasteiger partial charge in [0, 0.05) is 25.8 Å². The highest BCUT2D eigenvalue weighted by Crippen LogP contribution is 2.14. The van der Waals surface area contributed by atoms with Crippen LogP contribution >= 0.6 is 0 Å². The van der Waals surface area contributed by atoms with Gasteiger partial charge in [-0.2, -0.15) is 0 Å². The summed E-state index contributed by atoms with van der Waals surface area (Å²) in [4.78, 5) is 33.4. The highest BCUT2D eigenvalue weighted by Gasteiger charge is 2.16. The lowest BCUT2D eigenvalue weighted by atomic mass is 9.94. The van der Waals surface area contributed by atoms with Gasteiger partial charge >= 0.3 is 18.0 Å². The second-order valence-electron chi connectivity index (χ2n) is 5.93. The van der Waals surface area contributed by atoms with Crippen LogP contribution in [-0.2, 0) is 19.1 Å². The van der Waals surface area contributed by atoms with Crippen LogP contribution in [0.25, 0.3) is 0 Å². The topological polar surface area (TPSA) is 102 Å². The molecule has 1 atom stereocenters. The molecule has 0 aromatic carbocycles. The Hall–Kier alpha value is -1.79. The number of ether oxygens (including phenoxy) is 2. The van der Waals surface area contributed by atoms with Crippen LogP contribution in [-0.4, -0.2) is 42.9 Å². The maximum Gasteiger partial charge on any atom is 0.407 e. The molecule has 1 unspecified atom stereocenters. The Balaban J connectivity index is 3.82. The molecule has 2 N–H and O–H groups in total. The second-order valence-corrected chi connectivity index (χ2v) is 5.93. The van der Waals surface area contributed by atoms with Gasteiger partial charge in [0.05, 0.1) is 13.2 Å². The number of esters is 1. The highest BCUT2D eigenvalue weighted by atomic mass is 16.6. The summed E-state index contributed by atoms with van der Waals surface area (Å²) < 4.78 is 9.89. The molecule has 0 aliphatic rings. The summed E-state index contributed by atoms with van der Waals surface area (Å²) in [6.45, 7) is 6.56. The highest BCUT2D eigenvalue weighted by molar-refractivity contribution is 5.69. The molecule has 0 aromatic rings. The van der Waals surface area contributed by atoms with Gasteiger partial charge in [0.15, 0.2) is 0 Å². The SMILES string of the molecule is CCCC(=O)OCCCOC(=O)NCC(CC(=O)O)CC(C)C. The van der Waals surface area contributed by atoms with Gasteiger partial charge in [-0.15, -0.1) is 0 Å². The van der Waals surface area contributed by atoms with Crippen molar-refractivity contribution in [1.82, 2.24) is 5.32 Å². The molecule has 0 aliphatic carbocycles. The van der Waals surface area contributed by atoms with Gasteiger partial charge in [-0.25, -0.2) is 4.79 Å². The fraction of sp³-hybridized carbons (Fsp3) is 0.812. The molecule has 23 heavy (non-hydrogen) atoms. The van der Waals surface area contributed by atoms with Gasteiger partial charge < -0.3 is 19.9 Å². The third kappa shape index (κ3) is 13.6. The molecule has 0 aliphatic heterocycles. The first-order valence-corrected chi connectivity index (χ1v) is 8.13. The average molecular weight is 331 g/mol. The number of carbonyl (C=O) groups excluding carboxylic acids is 2. The molecule has 0 aromatic heterocycles. The molecule has 0 rings (SSSR count). The Labute approximate surface area is 137 Å². The molecular formula is C16H29NO6. The van der Waals surface area contributed by atoms with Crippen LogP contribution in [0, 0.1) is 11.8 Å². The number of hydrogen-bond donors (Lipinski definition) is 2. The van der Waals surface area contributed by atoms with E-state index < -0.39 is 12.1 Å². The van der Waals surface area contributed by atoms with Crippen molar-refractivity contribution in [3.8, 4) is 0 Å². The van der Waals surface area contributed by atoms with E-state index in [1.807, 2.05) is 20.8 Å². The van der Waals surface area contributed by atoms with E-state index >= 15 is 0 Å². The zero-order valence-corrected chi connectivity index (χ0v) is 14.3. The first-order chi connectivity index (χ1) is 10.8. The quantitative estimate of drug-likeness (QED) is 0.421. The number of amides is 1. The van der Waals surface area contributed by atoms with E-state index in [2.05, 4.69) is 5.32 Å². The minimum Gasteiger partial charge on any atom is -0.481 e. The summed E-state index contributed by atoms with van der Waals surface area (Å²) in [6, 6.07) is 0. The summed E-state index contributed by atoms with van der Waals surface area (Å²) in [5.41, 5.74) is 0. The molecule has 0 radical (unpaired) electrons. The van der Waals surface area contributed by atoms with Crippen molar-refractivity contribution < 1.29 is 29.0 Å². The molecular weight excluding hydrogens is 302 g/mol. The molecule has 0 fully saturated rings. The van der Waals surface area contributed by atoms with E-state index in [1.54, 1.807) is 0 Å². The molecule has 7 nitrogen and oxygen atoms in total. The molecule has 0 saturated carbocycles. The summed E-state index contributed by atoms with van der Waals surface area (Å²) in [5.74, 6) is -0.883. The maximum atomic E-state index is 11.5. The summed E-state index contributed by atoms with van der Waals surface area (Å²) in [6.07, 6.45) is 1.73. The predicted molar refractivity (Wildman–Crippen MR) is 85.0 cm³/mol. The summed E-state index contributed by atoms with van der Waals surface area (Å²) >= 11 is 0. The third-order valence-corrected chi connectivity index (χ3v) is 3.04. The van der Waals surface area contributed by atoms with E-state index in [0.29, 0.717) is 18.8 Å². The molecule has 0 bridgehead atoms. The monoisotopic (exact) mass is 331 g/mol. The predicted octanol–water partition coefficient (Wildman–Crippen LogP) is 2.58. The van der Waals surface area contributed by atoms with Gasteiger partial charge in [-0.05, 0) is 24.7 Å². The Morgan fingerprint density at radius 2 is 1.78 bits per heavy atom. The lowest BCUT2D eigenvalue weighted by Gasteiger charge is -2.17. The van der Waals surface area contributed by atoms with Crippen LogP contribution in [0.2, 0.25) is 0 Å². The molecule has 7 heteroatoms. The number of carboxylic acids is 1. The van der Waals surface area contributed by atoms with Crippen molar-refractivity contribution in [1.29, 1.82) is 0 Å². The largest absolute Gasteiger partial charge is 0.481 e. The number of nitrogens with one attached hydrogen (secondary N) is 1. The van der Waals surface area contributed by atoms with Gasteiger partial charge in [0.1, 0.15) is 0 Å². The number of carbonyl (C=O) groups is 3. The fourth-order valence-electron chi connectivity index (χ4n) is 2.12. The first-order valence-electron chi connectivity index (χ1n) is 8.13. The number of carboxylic acid groups (broad SMARTS) is 1. The van der Waals surface area contributed by atoms with Crippen molar-refractivity contribution in [2.75, 3.05) is 19.8 Å². The summed E-state index contributed by atoms with van der Waals surface area (Å²) in [7, 11) is 0. The van der Waals surface area contributed by atoms with E-state index in [0.717, 1.165) is 12.8 Å². The molecule has 134 valence electrons. The van der Waals surface area contributed by atoms with Gasteiger partial charge in [0.25, 0.3) is 0 Å². The lowest BCUT2D eigenvalue weighted by Crippen LogP contribution is -2.31. The van der Waals surface area contributed by atoms with E-state index in [4.69, 9.17) is 14.6 Å². The second kappa shape index (κ2) is 12.7. The smallest absolute Gasteiger partial charge is 0.407 e. The van der Waals surface area contributed by atoms with Crippen LogP contribution in [0.3, 0.4) is 0 Å². The van der Waals surface area contributed by atoms with E-state index in [1.165, 1.54) is 0 Å². The minimum atomic E-state index is -0.875. The van der Waals surface area contributed by atoms with Crippen molar-refractivity contribution in [2.24, 2.45) is 11.8 Å². The molecule has 0 heterocycles. The maximum absolute atomic E-state index is 11.5.